The van der Waals surface area contributed by atoms with Gasteiger partial charge in [0.2, 0.25) is 0 Å². The molecule has 8 nitrogen and oxygen atoms in total. The zero-order chi connectivity index (χ0) is 20.8. The number of nitrogen functional groups attached to an aromatic ring is 1. The minimum atomic E-state index is -0.554. The third-order valence-electron chi connectivity index (χ3n) is 5.66. The number of nitrogens with two attached hydrogens (primary N) is 1. The van der Waals surface area contributed by atoms with E-state index in [9.17, 15) is 14.9 Å². The van der Waals surface area contributed by atoms with Gasteiger partial charge in [-0.2, -0.15) is 0 Å². The molecular formula is C21H30N4O4. The van der Waals surface area contributed by atoms with Crippen LogP contribution in [0.1, 0.15) is 49.4 Å². The van der Waals surface area contributed by atoms with Crippen molar-refractivity contribution in [3.63, 3.8) is 0 Å². The van der Waals surface area contributed by atoms with Gasteiger partial charge in [0.15, 0.2) is 5.75 Å². The lowest BCUT2D eigenvalue weighted by Gasteiger charge is -2.35. The van der Waals surface area contributed by atoms with Gasteiger partial charge in [-0.1, -0.05) is 12.2 Å². The Balaban J connectivity index is 1.60. The molecule has 0 saturated carbocycles. The molecule has 1 amide bonds. The molecule has 1 aliphatic carbocycles. The number of anilines is 1. The Bertz CT molecular complexity index is 772. The summed E-state index contributed by atoms with van der Waals surface area (Å²) in [5, 5.41) is 14.2. The molecule has 2 aliphatic rings. The Morgan fingerprint density at radius 2 is 2.07 bits per heavy atom. The molecule has 29 heavy (non-hydrogen) atoms. The van der Waals surface area contributed by atoms with Gasteiger partial charge in [-0.3, -0.25) is 14.9 Å². The number of carbonyl (C=O) groups excluding carboxylic acids is 1. The summed E-state index contributed by atoms with van der Waals surface area (Å²) in [5.41, 5.74) is 5.91. The highest BCUT2D eigenvalue weighted by Crippen LogP contribution is 2.32. The number of benzene rings is 1. The number of nitro benzene ring substituents is 1. The van der Waals surface area contributed by atoms with Gasteiger partial charge in [0.05, 0.1) is 22.8 Å². The van der Waals surface area contributed by atoms with E-state index < -0.39 is 4.92 Å². The first-order valence-electron chi connectivity index (χ1n) is 10.4. The molecule has 1 aromatic carbocycles. The van der Waals surface area contributed by atoms with E-state index in [1.807, 2.05) is 0 Å². The molecule has 0 aromatic heterocycles. The van der Waals surface area contributed by atoms with Crippen LogP contribution in [0.15, 0.2) is 24.3 Å². The predicted octanol–water partition coefficient (Wildman–Crippen LogP) is 3.13. The van der Waals surface area contributed by atoms with Gasteiger partial charge in [0, 0.05) is 37.8 Å². The first kappa shape index (κ1) is 21.1. The maximum Gasteiger partial charge on any atom is 0.272 e. The molecule has 1 aliphatic heterocycles. The number of amides is 1. The average molecular weight is 402 g/mol. The number of carbonyl (C=O) groups is 1. The second-order valence-corrected chi connectivity index (χ2v) is 7.80. The standard InChI is InChI=1S/C21H30N4O4/c1-2-29-20-18(12-17(25(27)28)13-19(20)22)21(26)23-16-8-10-24(11-9-16)14-15-6-4-3-5-7-15/h3-4,12-13,15-16H,2,5-11,14,22H2,1H3,(H,23,26)/t15-/m0/s1. The summed E-state index contributed by atoms with van der Waals surface area (Å²) >= 11 is 0. The van der Waals surface area contributed by atoms with E-state index in [1.54, 1.807) is 6.92 Å². The van der Waals surface area contributed by atoms with Gasteiger partial charge in [0.1, 0.15) is 0 Å². The van der Waals surface area contributed by atoms with Crippen LogP contribution < -0.4 is 15.8 Å². The van der Waals surface area contributed by atoms with Gasteiger partial charge >= 0.3 is 0 Å². The number of non-ortho nitro benzene ring substituents is 1. The number of nitro groups is 1. The number of hydrogen-bond donors (Lipinski definition) is 2. The molecule has 0 radical (unpaired) electrons. The summed E-state index contributed by atoms with van der Waals surface area (Å²) in [6.45, 7) is 5.10. The molecule has 0 bridgehead atoms. The minimum absolute atomic E-state index is 0.0416. The number of hydrogen-bond acceptors (Lipinski definition) is 6. The second-order valence-electron chi connectivity index (χ2n) is 7.80. The number of piperidine rings is 1. The molecule has 1 aromatic rings. The largest absolute Gasteiger partial charge is 0.491 e. The molecule has 0 spiro atoms. The molecule has 1 fully saturated rings. The minimum Gasteiger partial charge on any atom is -0.491 e. The zero-order valence-corrected chi connectivity index (χ0v) is 16.9. The van der Waals surface area contributed by atoms with Crippen molar-refractivity contribution in [2.75, 3.05) is 32.0 Å². The molecule has 1 atom stereocenters. The van der Waals surface area contributed by atoms with Crippen LogP contribution in [0.5, 0.6) is 5.75 Å². The maximum absolute atomic E-state index is 12.8. The first-order valence-corrected chi connectivity index (χ1v) is 10.4. The van der Waals surface area contributed by atoms with E-state index in [1.165, 1.54) is 25.0 Å². The van der Waals surface area contributed by atoms with Crippen LogP contribution in [0.25, 0.3) is 0 Å². The molecule has 3 rings (SSSR count). The Kier molecular flexibility index (Phi) is 7.09. The van der Waals surface area contributed by atoms with Crippen LogP contribution in [-0.4, -0.2) is 48.0 Å². The van der Waals surface area contributed by atoms with E-state index in [4.69, 9.17) is 10.5 Å². The second kappa shape index (κ2) is 9.73. The number of likely N-dealkylation sites (tertiary alicyclic amines) is 1. The highest BCUT2D eigenvalue weighted by atomic mass is 16.6. The molecule has 8 heteroatoms. The summed E-state index contributed by atoms with van der Waals surface area (Å²) < 4.78 is 5.49. The fraction of sp³-hybridized carbons (Fsp3) is 0.571. The van der Waals surface area contributed by atoms with Crippen LogP contribution >= 0.6 is 0 Å². The summed E-state index contributed by atoms with van der Waals surface area (Å²) in [5.74, 6) is 0.561. The van der Waals surface area contributed by atoms with Crippen molar-refractivity contribution in [1.82, 2.24) is 10.2 Å². The van der Waals surface area contributed by atoms with Crippen LogP contribution in [0.4, 0.5) is 11.4 Å². The molecule has 1 saturated heterocycles. The molecule has 158 valence electrons. The zero-order valence-electron chi connectivity index (χ0n) is 16.9. The predicted molar refractivity (Wildman–Crippen MR) is 112 cm³/mol. The van der Waals surface area contributed by atoms with Crippen molar-refractivity contribution in [3.8, 4) is 5.75 Å². The molecule has 0 unspecified atom stereocenters. The van der Waals surface area contributed by atoms with E-state index in [0.717, 1.165) is 44.8 Å². The number of nitrogens with one attached hydrogen (secondary N) is 1. The lowest BCUT2D eigenvalue weighted by molar-refractivity contribution is -0.384. The third-order valence-corrected chi connectivity index (χ3v) is 5.66. The summed E-state index contributed by atoms with van der Waals surface area (Å²) in [6, 6.07) is 2.50. The quantitative estimate of drug-likeness (QED) is 0.314. The van der Waals surface area contributed by atoms with Crippen molar-refractivity contribution < 1.29 is 14.5 Å². The molecular weight excluding hydrogens is 372 g/mol. The van der Waals surface area contributed by atoms with Crippen molar-refractivity contribution >= 4 is 17.3 Å². The number of rotatable bonds is 7. The SMILES string of the molecule is CCOc1c(N)cc([N+](=O)[O-])cc1C(=O)NC1CCN(C[C@H]2CC=CCC2)CC1. The van der Waals surface area contributed by atoms with E-state index in [0.29, 0.717) is 6.61 Å². The van der Waals surface area contributed by atoms with E-state index in [-0.39, 0.29) is 34.6 Å². The fourth-order valence-corrected chi connectivity index (χ4v) is 4.13. The molecule has 3 N–H and O–H groups in total. The topological polar surface area (TPSA) is 111 Å². The van der Waals surface area contributed by atoms with Crippen molar-refractivity contribution in [1.29, 1.82) is 0 Å². The van der Waals surface area contributed by atoms with Crippen molar-refractivity contribution in [2.24, 2.45) is 5.92 Å². The van der Waals surface area contributed by atoms with Crippen LogP contribution in [0.2, 0.25) is 0 Å². The van der Waals surface area contributed by atoms with Gasteiger partial charge in [-0.25, -0.2) is 0 Å². The van der Waals surface area contributed by atoms with E-state index in [2.05, 4.69) is 22.4 Å². The summed E-state index contributed by atoms with van der Waals surface area (Å²) in [4.78, 5) is 25.9. The van der Waals surface area contributed by atoms with Gasteiger partial charge in [0.25, 0.3) is 11.6 Å². The highest BCUT2D eigenvalue weighted by Gasteiger charge is 2.26. The van der Waals surface area contributed by atoms with Crippen LogP contribution in [-0.2, 0) is 0 Å². The number of nitrogens with zero attached hydrogens (tertiary/aromatic N) is 2. The monoisotopic (exact) mass is 402 g/mol. The Morgan fingerprint density at radius 1 is 1.31 bits per heavy atom. The smallest absolute Gasteiger partial charge is 0.272 e. The van der Waals surface area contributed by atoms with Gasteiger partial charge < -0.3 is 20.7 Å². The van der Waals surface area contributed by atoms with Gasteiger partial charge in [-0.15, -0.1) is 0 Å². The lowest BCUT2D eigenvalue weighted by atomic mass is 9.93. The number of ether oxygens (including phenoxy) is 1. The fourth-order valence-electron chi connectivity index (χ4n) is 4.13. The lowest BCUT2D eigenvalue weighted by Crippen LogP contribution is -2.46. The highest BCUT2D eigenvalue weighted by molar-refractivity contribution is 5.99. The number of allylic oxidation sites excluding steroid dienone is 2. The third kappa shape index (κ3) is 5.47. The maximum atomic E-state index is 12.8. The summed E-state index contributed by atoms with van der Waals surface area (Å²) in [7, 11) is 0. The van der Waals surface area contributed by atoms with Gasteiger partial charge in [-0.05, 0) is 44.9 Å². The normalized spacial score (nSPS) is 20.4. The first-order chi connectivity index (χ1) is 14.0. The van der Waals surface area contributed by atoms with Crippen LogP contribution in [0, 0.1) is 16.0 Å². The Labute approximate surface area is 171 Å². The van der Waals surface area contributed by atoms with Crippen molar-refractivity contribution in [2.45, 2.75) is 45.1 Å². The average Bonchev–Trinajstić information content (AvgIpc) is 2.71. The summed E-state index contributed by atoms with van der Waals surface area (Å²) in [6.07, 6.45) is 9.85. The van der Waals surface area contributed by atoms with Crippen molar-refractivity contribution in [3.05, 3.63) is 40.0 Å². The van der Waals surface area contributed by atoms with E-state index >= 15 is 0 Å². The Hall–Kier alpha value is -2.61. The van der Waals surface area contributed by atoms with Crippen LogP contribution in [0.3, 0.4) is 0 Å². The Morgan fingerprint density at radius 3 is 2.69 bits per heavy atom. The molecule has 1 heterocycles.